The molecule has 0 heterocycles. The van der Waals surface area contributed by atoms with Gasteiger partial charge in [-0.15, -0.1) is 0 Å². The minimum absolute atomic E-state index is 0.0283. The summed E-state index contributed by atoms with van der Waals surface area (Å²) >= 11 is 0. The fraction of sp³-hybridized carbons (Fsp3) is 1.00. The zero-order chi connectivity index (χ0) is 16.5. The Kier molecular flexibility index (Phi) is 10.4. The van der Waals surface area contributed by atoms with E-state index in [-0.39, 0.29) is 11.6 Å². The summed E-state index contributed by atoms with van der Waals surface area (Å²) in [6.07, 6.45) is 4.23. The molecule has 6 heteroatoms. The normalized spacial score (nSPS) is 17.0. The Labute approximate surface area is 130 Å². The van der Waals surface area contributed by atoms with E-state index in [4.69, 9.17) is 23.2 Å². The lowest BCUT2D eigenvalue weighted by molar-refractivity contribution is 0.228. The highest BCUT2D eigenvalue weighted by Crippen LogP contribution is 2.26. The number of hydrazine groups is 2. The summed E-state index contributed by atoms with van der Waals surface area (Å²) in [5, 5.41) is 4.69. The smallest absolute Gasteiger partial charge is 0.0546 e. The van der Waals surface area contributed by atoms with E-state index in [1.54, 1.807) is 0 Å². The fourth-order valence-electron chi connectivity index (χ4n) is 2.83. The van der Waals surface area contributed by atoms with E-state index in [2.05, 4.69) is 33.0 Å². The van der Waals surface area contributed by atoms with Crippen LogP contribution >= 0.6 is 0 Å². The van der Waals surface area contributed by atoms with Crippen LogP contribution in [0, 0.1) is 17.3 Å². The van der Waals surface area contributed by atoms with Gasteiger partial charge in [-0.25, -0.2) is 0 Å². The maximum atomic E-state index is 6.14. The van der Waals surface area contributed by atoms with Crippen molar-refractivity contribution in [2.24, 2.45) is 40.4 Å². The minimum atomic E-state index is 0.0283. The Balaban J connectivity index is 3.92. The second kappa shape index (κ2) is 10.5. The Morgan fingerprint density at radius 2 is 1.67 bits per heavy atom. The van der Waals surface area contributed by atoms with E-state index in [0.717, 1.165) is 38.8 Å². The summed E-state index contributed by atoms with van der Waals surface area (Å²) in [6, 6.07) is 0. The third-order valence-corrected chi connectivity index (χ3v) is 3.90. The van der Waals surface area contributed by atoms with Gasteiger partial charge in [-0.3, -0.25) is 11.7 Å². The molecule has 0 saturated carbocycles. The third-order valence-electron chi connectivity index (χ3n) is 3.90. The first-order valence-electron chi connectivity index (χ1n) is 8.12. The van der Waals surface area contributed by atoms with Gasteiger partial charge in [-0.1, -0.05) is 27.7 Å². The molecule has 21 heavy (non-hydrogen) atoms. The molecule has 6 nitrogen and oxygen atoms in total. The summed E-state index contributed by atoms with van der Waals surface area (Å²) < 4.78 is 0. The van der Waals surface area contributed by atoms with Crippen LogP contribution in [0.25, 0.3) is 0 Å². The quantitative estimate of drug-likeness (QED) is 0.206. The largest absolute Gasteiger partial charge is 0.330 e. The lowest BCUT2D eigenvalue weighted by atomic mass is 9.82. The first-order chi connectivity index (χ1) is 9.66. The van der Waals surface area contributed by atoms with Crippen LogP contribution in [0.3, 0.4) is 0 Å². The maximum absolute atomic E-state index is 6.14. The van der Waals surface area contributed by atoms with E-state index < -0.39 is 0 Å². The SMILES string of the molecule is CC(CCC(N)NCC(C)(C)CC(C)CCN)CN(N)N. The van der Waals surface area contributed by atoms with Crippen molar-refractivity contribution in [2.45, 2.75) is 59.5 Å². The summed E-state index contributed by atoms with van der Waals surface area (Å²) in [5.41, 5.74) is 12.0. The number of nitrogens with zero attached hydrogens (tertiary/aromatic N) is 1. The van der Waals surface area contributed by atoms with Crippen molar-refractivity contribution in [3.05, 3.63) is 0 Å². The van der Waals surface area contributed by atoms with Crippen molar-refractivity contribution in [3.8, 4) is 0 Å². The number of hydrogen-bond acceptors (Lipinski definition) is 6. The highest BCUT2D eigenvalue weighted by molar-refractivity contribution is 4.76. The van der Waals surface area contributed by atoms with Gasteiger partial charge in [0.1, 0.15) is 0 Å². The molecule has 0 aromatic heterocycles. The van der Waals surface area contributed by atoms with Gasteiger partial charge < -0.3 is 16.8 Å². The van der Waals surface area contributed by atoms with Crippen LogP contribution < -0.4 is 28.5 Å². The molecular weight excluding hydrogens is 264 g/mol. The highest BCUT2D eigenvalue weighted by atomic mass is 15.6. The van der Waals surface area contributed by atoms with Crippen molar-refractivity contribution in [1.29, 1.82) is 0 Å². The van der Waals surface area contributed by atoms with Gasteiger partial charge in [0, 0.05) is 13.1 Å². The average molecular weight is 303 g/mol. The summed E-state index contributed by atoms with van der Waals surface area (Å²) in [6.45, 7) is 11.3. The molecule has 0 aliphatic rings. The van der Waals surface area contributed by atoms with E-state index in [1.165, 1.54) is 5.12 Å². The van der Waals surface area contributed by atoms with Crippen LogP contribution in [-0.4, -0.2) is 30.9 Å². The van der Waals surface area contributed by atoms with Crippen LogP contribution in [0.15, 0.2) is 0 Å². The molecule has 0 radical (unpaired) electrons. The maximum Gasteiger partial charge on any atom is 0.0546 e. The second-order valence-corrected chi connectivity index (χ2v) is 7.42. The first kappa shape index (κ1) is 20.8. The summed E-state index contributed by atoms with van der Waals surface area (Å²) in [4.78, 5) is 0. The van der Waals surface area contributed by atoms with Crippen molar-refractivity contribution >= 4 is 0 Å². The monoisotopic (exact) mass is 302 g/mol. The highest BCUT2D eigenvalue weighted by Gasteiger charge is 2.21. The molecule has 0 bridgehead atoms. The van der Waals surface area contributed by atoms with E-state index >= 15 is 0 Å². The molecule has 3 atom stereocenters. The molecule has 0 fully saturated rings. The molecule has 0 aliphatic heterocycles. The molecular formula is C15H38N6. The van der Waals surface area contributed by atoms with Crippen LogP contribution in [0.1, 0.15) is 53.4 Å². The molecule has 9 N–H and O–H groups in total. The summed E-state index contributed by atoms with van der Waals surface area (Å²) in [7, 11) is 0. The predicted molar refractivity (Wildman–Crippen MR) is 90.7 cm³/mol. The summed E-state index contributed by atoms with van der Waals surface area (Å²) in [5.74, 6) is 12.0. The standard InChI is InChI=1S/C15H38N6/c1-12(7-8-16)9-15(3,4)11-20-14(17)6-5-13(2)10-21(18)19/h12-14,20H,5-11,16-19H2,1-4H3. The molecule has 0 spiro atoms. The Hall–Kier alpha value is -0.240. The van der Waals surface area contributed by atoms with Crippen LogP contribution in [0.5, 0.6) is 0 Å². The Bertz CT molecular complexity index is 257. The van der Waals surface area contributed by atoms with Crippen molar-refractivity contribution in [1.82, 2.24) is 10.4 Å². The lowest BCUT2D eigenvalue weighted by Gasteiger charge is -2.30. The Morgan fingerprint density at radius 1 is 1.05 bits per heavy atom. The van der Waals surface area contributed by atoms with E-state index in [0.29, 0.717) is 18.4 Å². The second-order valence-electron chi connectivity index (χ2n) is 7.42. The predicted octanol–water partition coefficient (Wildman–Crippen LogP) is 0.728. The lowest BCUT2D eigenvalue weighted by Crippen LogP contribution is -2.44. The molecule has 0 aliphatic carbocycles. The van der Waals surface area contributed by atoms with Gasteiger partial charge in [-0.05, 0) is 49.5 Å². The van der Waals surface area contributed by atoms with Gasteiger partial charge in [0.25, 0.3) is 0 Å². The van der Waals surface area contributed by atoms with Crippen LogP contribution in [0.2, 0.25) is 0 Å². The topological polar surface area (TPSA) is 119 Å². The minimum Gasteiger partial charge on any atom is -0.330 e. The van der Waals surface area contributed by atoms with Crippen LogP contribution in [-0.2, 0) is 0 Å². The van der Waals surface area contributed by atoms with Crippen molar-refractivity contribution < 1.29 is 0 Å². The molecule has 0 aromatic rings. The first-order valence-corrected chi connectivity index (χ1v) is 8.12. The number of nitrogens with two attached hydrogens (primary N) is 4. The molecule has 3 unspecified atom stereocenters. The third kappa shape index (κ3) is 12.0. The molecule has 0 amide bonds. The van der Waals surface area contributed by atoms with E-state index in [9.17, 15) is 0 Å². The van der Waals surface area contributed by atoms with E-state index in [1.807, 2.05) is 0 Å². The van der Waals surface area contributed by atoms with Gasteiger partial charge in [0.15, 0.2) is 0 Å². The molecule has 0 rings (SSSR count). The van der Waals surface area contributed by atoms with Gasteiger partial charge in [-0.2, -0.15) is 5.12 Å². The van der Waals surface area contributed by atoms with Crippen LogP contribution in [0.4, 0.5) is 0 Å². The molecule has 0 aromatic carbocycles. The van der Waals surface area contributed by atoms with Gasteiger partial charge in [0.05, 0.1) is 6.17 Å². The zero-order valence-corrected chi connectivity index (χ0v) is 14.4. The van der Waals surface area contributed by atoms with Gasteiger partial charge >= 0.3 is 0 Å². The number of hydrogen-bond donors (Lipinski definition) is 5. The number of nitrogens with one attached hydrogen (secondary N) is 1. The van der Waals surface area contributed by atoms with Crippen molar-refractivity contribution in [3.63, 3.8) is 0 Å². The van der Waals surface area contributed by atoms with Crippen molar-refractivity contribution in [2.75, 3.05) is 19.6 Å². The number of rotatable bonds is 12. The zero-order valence-electron chi connectivity index (χ0n) is 14.4. The Morgan fingerprint density at radius 3 is 2.19 bits per heavy atom. The molecule has 0 saturated heterocycles. The molecule has 128 valence electrons. The fourth-order valence-corrected chi connectivity index (χ4v) is 2.83. The van der Waals surface area contributed by atoms with Gasteiger partial charge in [0.2, 0.25) is 0 Å². The average Bonchev–Trinajstić information content (AvgIpc) is 2.32.